The molecule has 16 heavy (non-hydrogen) atoms. The fourth-order valence-electron chi connectivity index (χ4n) is 1.39. The first-order chi connectivity index (χ1) is 7.61. The summed E-state index contributed by atoms with van der Waals surface area (Å²) >= 11 is 0. The number of carboxylic acid groups (broad SMARTS) is 1. The lowest BCUT2D eigenvalue weighted by atomic mass is 10.2. The van der Waals surface area contributed by atoms with Crippen molar-refractivity contribution in [2.45, 2.75) is 39.0 Å². The van der Waals surface area contributed by atoms with Gasteiger partial charge >= 0.3 is 5.97 Å². The van der Waals surface area contributed by atoms with Gasteiger partial charge in [-0.1, -0.05) is 6.92 Å². The van der Waals surface area contributed by atoms with Crippen molar-refractivity contribution < 1.29 is 14.7 Å². The number of unbranched alkanes of at least 4 members (excludes halogenated alkanes) is 2. The zero-order valence-electron chi connectivity index (χ0n) is 9.74. The van der Waals surface area contributed by atoms with Crippen LogP contribution in [0.25, 0.3) is 0 Å². The molecule has 0 rings (SSSR count). The molecular weight excluding hydrogens is 206 g/mol. The molecule has 0 radical (unpaired) electrons. The minimum Gasteiger partial charge on any atom is -0.480 e. The van der Waals surface area contributed by atoms with E-state index in [1.807, 2.05) is 6.92 Å². The molecule has 0 saturated carbocycles. The van der Waals surface area contributed by atoms with Gasteiger partial charge in [0, 0.05) is 19.4 Å². The van der Waals surface area contributed by atoms with Gasteiger partial charge in [0.25, 0.3) is 0 Å². The summed E-state index contributed by atoms with van der Waals surface area (Å²) in [5, 5.41) is 8.65. The van der Waals surface area contributed by atoms with Gasteiger partial charge in [0.2, 0.25) is 5.91 Å². The van der Waals surface area contributed by atoms with Crippen LogP contribution in [-0.4, -0.2) is 35.0 Å². The molecule has 0 aliphatic carbocycles. The van der Waals surface area contributed by atoms with E-state index >= 15 is 0 Å². The third-order valence-electron chi connectivity index (χ3n) is 2.13. The maximum absolute atomic E-state index is 11.6. The lowest BCUT2D eigenvalue weighted by Gasteiger charge is -2.19. The molecule has 0 saturated heterocycles. The summed E-state index contributed by atoms with van der Waals surface area (Å²) in [6, 6.07) is 0. The number of rotatable bonds is 8. The van der Waals surface area contributed by atoms with Crippen LogP contribution in [0.15, 0.2) is 0 Å². The van der Waals surface area contributed by atoms with E-state index < -0.39 is 5.97 Å². The van der Waals surface area contributed by atoms with Crippen molar-refractivity contribution in [3.63, 3.8) is 0 Å². The van der Waals surface area contributed by atoms with Gasteiger partial charge in [0.15, 0.2) is 0 Å². The summed E-state index contributed by atoms with van der Waals surface area (Å²) in [5.41, 5.74) is 0. The summed E-state index contributed by atoms with van der Waals surface area (Å²) in [6.45, 7) is 2.21. The number of carboxylic acids is 1. The second-order valence-electron chi connectivity index (χ2n) is 3.62. The minimum absolute atomic E-state index is 0.0960. The van der Waals surface area contributed by atoms with Crippen molar-refractivity contribution in [1.29, 1.82) is 0 Å². The number of hydrogen-bond donors (Lipinski definition) is 1. The molecule has 90 valence electrons. The molecule has 0 aliphatic heterocycles. The predicted molar refractivity (Wildman–Crippen MR) is 61.8 cm³/mol. The molecule has 0 aromatic heterocycles. The number of amides is 1. The Kier molecular flexibility index (Phi) is 7.96. The number of hydrogen-bond acceptors (Lipinski definition) is 2. The second kappa shape index (κ2) is 8.78. The van der Waals surface area contributed by atoms with E-state index in [2.05, 4.69) is 5.92 Å². The van der Waals surface area contributed by atoms with E-state index in [-0.39, 0.29) is 12.5 Å². The standard InChI is InChI=1S/C12H19NO3/c1-3-5-6-7-8-11(14)13(9-4-2)10-12(15)16/h1H,4-10H2,2H3,(H,15,16). The van der Waals surface area contributed by atoms with E-state index in [9.17, 15) is 9.59 Å². The fraction of sp³-hybridized carbons (Fsp3) is 0.667. The number of nitrogens with zero attached hydrogens (tertiary/aromatic N) is 1. The van der Waals surface area contributed by atoms with Crippen LogP contribution in [0.4, 0.5) is 0 Å². The van der Waals surface area contributed by atoms with Crippen LogP contribution < -0.4 is 0 Å². The molecule has 0 unspecified atom stereocenters. The van der Waals surface area contributed by atoms with Crippen molar-refractivity contribution in [3.8, 4) is 12.3 Å². The van der Waals surface area contributed by atoms with E-state index in [0.717, 1.165) is 19.3 Å². The van der Waals surface area contributed by atoms with Crippen LogP contribution in [0.1, 0.15) is 39.0 Å². The van der Waals surface area contributed by atoms with Gasteiger partial charge in [0.05, 0.1) is 0 Å². The quantitative estimate of drug-likeness (QED) is 0.503. The van der Waals surface area contributed by atoms with Crippen LogP contribution in [0.2, 0.25) is 0 Å². The van der Waals surface area contributed by atoms with Crippen molar-refractivity contribution in [2.24, 2.45) is 0 Å². The molecule has 1 amide bonds. The van der Waals surface area contributed by atoms with Gasteiger partial charge in [-0.2, -0.15) is 0 Å². The van der Waals surface area contributed by atoms with Crippen molar-refractivity contribution in [3.05, 3.63) is 0 Å². The molecule has 0 spiro atoms. The molecule has 0 heterocycles. The Bertz CT molecular complexity index is 268. The van der Waals surface area contributed by atoms with Gasteiger partial charge in [-0.3, -0.25) is 9.59 Å². The molecule has 0 aromatic carbocycles. The Hall–Kier alpha value is -1.50. The second-order valence-corrected chi connectivity index (χ2v) is 3.62. The lowest BCUT2D eigenvalue weighted by Crippen LogP contribution is -2.36. The maximum atomic E-state index is 11.6. The summed E-state index contributed by atoms with van der Waals surface area (Å²) in [5.74, 6) is 1.45. The van der Waals surface area contributed by atoms with E-state index in [0.29, 0.717) is 19.4 Å². The highest BCUT2D eigenvalue weighted by molar-refractivity contribution is 5.81. The number of aliphatic carboxylic acids is 1. The molecule has 0 aliphatic rings. The zero-order valence-corrected chi connectivity index (χ0v) is 9.74. The normalized spacial score (nSPS) is 9.50. The van der Waals surface area contributed by atoms with Gasteiger partial charge in [0.1, 0.15) is 6.54 Å². The Morgan fingerprint density at radius 3 is 2.56 bits per heavy atom. The average molecular weight is 225 g/mol. The van der Waals surface area contributed by atoms with Crippen molar-refractivity contribution in [1.82, 2.24) is 4.90 Å². The summed E-state index contributed by atoms with van der Waals surface area (Å²) < 4.78 is 0. The first-order valence-corrected chi connectivity index (χ1v) is 5.54. The smallest absolute Gasteiger partial charge is 0.323 e. The molecule has 0 fully saturated rings. The first-order valence-electron chi connectivity index (χ1n) is 5.54. The predicted octanol–water partition coefficient (Wildman–Crippen LogP) is 1.50. The van der Waals surface area contributed by atoms with Gasteiger partial charge in [-0.15, -0.1) is 12.3 Å². The Balaban J connectivity index is 3.97. The van der Waals surface area contributed by atoms with Crippen molar-refractivity contribution >= 4 is 11.9 Å². The van der Waals surface area contributed by atoms with Gasteiger partial charge < -0.3 is 10.0 Å². The third kappa shape index (κ3) is 6.88. The molecule has 0 aromatic rings. The highest BCUT2D eigenvalue weighted by atomic mass is 16.4. The lowest BCUT2D eigenvalue weighted by molar-refractivity contribution is -0.144. The monoisotopic (exact) mass is 225 g/mol. The van der Waals surface area contributed by atoms with Gasteiger partial charge in [-0.25, -0.2) is 0 Å². The first kappa shape index (κ1) is 14.5. The van der Waals surface area contributed by atoms with Crippen LogP contribution >= 0.6 is 0 Å². The highest BCUT2D eigenvalue weighted by Gasteiger charge is 2.14. The van der Waals surface area contributed by atoms with Crippen LogP contribution in [0.3, 0.4) is 0 Å². The van der Waals surface area contributed by atoms with Crippen LogP contribution in [-0.2, 0) is 9.59 Å². The SMILES string of the molecule is C#CCCCCC(=O)N(CCC)CC(=O)O. The Morgan fingerprint density at radius 2 is 2.06 bits per heavy atom. The Labute approximate surface area is 96.6 Å². The number of carbonyl (C=O) groups is 2. The van der Waals surface area contributed by atoms with E-state index in [4.69, 9.17) is 11.5 Å². The zero-order chi connectivity index (χ0) is 12.4. The highest BCUT2D eigenvalue weighted by Crippen LogP contribution is 2.03. The topological polar surface area (TPSA) is 57.6 Å². The van der Waals surface area contributed by atoms with Crippen LogP contribution in [0.5, 0.6) is 0 Å². The molecule has 0 atom stereocenters. The van der Waals surface area contributed by atoms with Crippen LogP contribution in [0, 0.1) is 12.3 Å². The Morgan fingerprint density at radius 1 is 1.38 bits per heavy atom. The minimum atomic E-state index is -0.967. The summed E-state index contributed by atoms with van der Waals surface area (Å²) in [6.07, 6.45) is 8.45. The average Bonchev–Trinajstić information content (AvgIpc) is 2.23. The molecule has 4 heteroatoms. The summed E-state index contributed by atoms with van der Waals surface area (Å²) in [4.78, 5) is 23.6. The molecular formula is C12H19NO3. The van der Waals surface area contributed by atoms with Crippen molar-refractivity contribution in [2.75, 3.05) is 13.1 Å². The van der Waals surface area contributed by atoms with E-state index in [1.54, 1.807) is 0 Å². The number of terminal acetylenes is 1. The molecule has 0 bridgehead atoms. The van der Waals surface area contributed by atoms with E-state index in [1.165, 1.54) is 4.90 Å². The maximum Gasteiger partial charge on any atom is 0.323 e. The van der Waals surface area contributed by atoms with Gasteiger partial charge in [-0.05, 0) is 19.3 Å². The fourth-order valence-corrected chi connectivity index (χ4v) is 1.39. The third-order valence-corrected chi connectivity index (χ3v) is 2.13. The number of carbonyl (C=O) groups excluding carboxylic acids is 1. The molecule has 1 N–H and O–H groups in total. The largest absolute Gasteiger partial charge is 0.480 e. The summed E-state index contributed by atoms with van der Waals surface area (Å²) in [7, 11) is 0. The molecule has 4 nitrogen and oxygen atoms in total.